The van der Waals surface area contributed by atoms with Crippen LogP contribution in [0.25, 0.3) is 0 Å². The minimum Gasteiger partial charge on any atom is -0.492 e. The van der Waals surface area contributed by atoms with Crippen molar-refractivity contribution in [1.29, 1.82) is 0 Å². The minimum atomic E-state index is -1.01. The average Bonchev–Trinajstić information content (AvgIpc) is 2.60. The van der Waals surface area contributed by atoms with E-state index >= 15 is 0 Å². The summed E-state index contributed by atoms with van der Waals surface area (Å²) in [4.78, 5) is 24.2. The number of hydrogen-bond donors (Lipinski definition) is 1. The Morgan fingerprint density at radius 1 is 1.08 bits per heavy atom. The molecule has 0 aliphatic rings. The van der Waals surface area contributed by atoms with Crippen LogP contribution in [0.5, 0.6) is 5.75 Å². The molecule has 6 nitrogen and oxygen atoms in total. The van der Waals surface area contributed by atoms with Crippen LogP contribution in [-0.2, 0) is 11.3 Å². The highest BCUT2D eigenvalue weighted by Crippen LogP contribution is 2.13. The summed E-state index contributed by atoms with van der Waals surface area (Å²) in [6, 6.07) is 15.6. The average molecular weight is 329 g/mol. The molecule has 0 atom stereocenters. The minimum absolute atomic E-state index is 0.156. The number of hydrogen-bond acceptors (Lipinski definition) is 4. The van der Waals surface area contributed by atoms with Crippen molar-refractivity contribution in [2.75, 3.05) is 20.2 Å². The normalized spacial score (nSPS) is 10.0. The first-order valence-electron chi connectivity index (χ1n) is 7.44. The molecule has 0 fully saturated rings. The Labute approximate surface area is 140 Å². The molecule has 1 amide bonds. The molecule has 0 saturated carbocycles. The second-order valence-electron chi connectivity index (χ2n) is 5.14. The van der Waals surface area contributed by atoms with E-state index in [0.717, 1.165) is 5.56 Å². The maximum atomic E-state index is 11.9. The number of carboxylic acid groups (broad SMARTS) is 1. The van der Waals surface area contributed by atoms with Crippen molar-refractivity contribution < 1.29 is 24.2 Å². The molecule has 0 bridgehead atoms. The molecule has 2 aromatic rings. The van der Waals surface area contributed by atoms with Crippen LogP contribution < -0.4 is 4.74 Å². The SMILES string of the molecule is CN(CCOc1cccc(C(=O)O)c1)C(=O)OCc1ccccc1. The largest absolute Gasteiger partial charge is 0.492 e. The highest BCUT2D eigenvalue weighted by Gasteiger charge is 2.10. The molecule has 6 heteroatoms. The van der Waals surface area contributed by atoms with Gasteiger partial charge >= 0.3 is 12.1 Å². The maximum Gasteiger partial charge on any atom is 0.409 e. The summed E-state index contributed by atoms with van der Waals surface area (Å²) in [7, 11) is 1.62. The van der Waals surface area contributed by atoms with E-state index in [1.807, 2.05) is 30.3 Å². The summed E-state index contributed by atoms with van der Waals surface area (Å²) in [6.45, 7) is 0.774. The fourth-order valence-electron chi connectivity index (χ4n) is 1.94. The second-order valence-corrected chi connectivity index (χ2v) is 5.14. The third kappa shape index (κ3) is 5.31. The Balaban J connectivity index is 1.74. The van der Waals surface area contributed by atoms with E-state index in [0.29, 0.717) is 12.3 Å². The molecule has 1 N–H and O–H groups in total. The van der Waals surface area contributed by atoms with E-state index in [4.69, 9.17) is 14.6 Å². The zero-order chi connectivity index (χ0) is 17.4. The number of carboxylic acids is 1. The quantitative estimate of drug-likeness (QED) is 0.845. The number of amides is 1. The summed E-state index contributed by atoms with van der Waals surface area (Å²) in [5, 5.41) is 8.92. The van der Waals surface area contributed by atoms with Gasteiger partial charge in [-0.1, -0.05) is 36.4 Å². The predicted molar refractivity (Wildman–Crippen MR) is 88.2 cm³/mol. The topological polar surface area (TPSA) is 76.1 Å². The van der Waals surface area contributed by atoms with E-state index in [9.17, 15) is 9.59 Å². The number of carbonyl (C=O) groups excluding carboxylic acids is 1. The van der Waals surface area contributed by atoms with Gasteiger partial charge in [-0.15, -0.1) is 0 Å². The Hall–Kier alpha value is -3.02. The van der Waals surface area contributed by atoms with Gasteiger partial charge < -0.3 is 19.5 Å². The molecule has 0 saturated heterocycles. The summed E-state index contributed by atoms with van der Waals surface area (Å²) in [5.74, 6) is -0.567. The molecule has 0 spiro atoms. The first-order chi connectivity index (χ1) is 11.6. The van der Waals surface area contributed by atoms with Crippen LogP contribution in [0.3, 0.4) is 0 Å². The van der Waals surface area contributed by atoms with Crippen molar-refractivity contribution in [2.24, 2.45) is 0 Å². The number of benzene rings is 2. The molecule has 0 aliphatic heterocycles. The second kappa shape index (κ2) is 8.57. The molecule has 0 aliphatic carbocycles. The lowest BCUT2D eigenvalue weighted by Gasteiger charge is -2.17. The van der Waals surface area contributed by atoms with Crippen LogP contribution >= 0.6 is 0 Å². The molecular weight excluding hydrogens is 310 g/mol. The zero-order valence-corrected chi connectivity index (χ0v) is 13.3. The van der Waals surface area contributed by atoms with Crippen molar-refractivity contribution in [3.05, 3.63) is 65.7 Å². The van der Waals surface area contributed by atoms with Gasteiger partial charge in [0, 0.05) is 7.05 Å². The number of ether oxygens (including phenoxy) is 2. The Bertz CT molecular complexity index is 687. The van der Waals surface area contributed by atoms with Crippen LogP contribution in [-0.4, -0.2) is 42.3 Å². The first-order valence-corrected chi connectivity index (χ1v) is 7.44. The van der Waals surface area contributed by atoms with Crippen LogP contribution in [0.2, 0.25) is 0 Å². The summed E-state index contributed by atoms with van der Waals surface area (Å²) < 4.78 is 10.7. The van der Waals surface area contributed by atoms with E-state index in [1.54, 1.807) is 19.2 Å². The monoisotopic (exact) mass is 329 g/mol. The lowest BCUT2D eigenvalue weighted by Crippen LogP contribution is -2.31. The fraction of sp³-hybridized carbons (Fsp3) is 0.222. The standard InChI is InChI=1S/C18H19NO5/c1-19(18(22)24-13-14-6-3-2-4-7-14)10-11-23-16-9-5-8-15(12-16)17(20)21/h2-9,12H,10-11,13H2,1H3,(H,20,21). The molecule has 0 heterocycles. The molecule has 2 aromatic carbocycles. The van der Waals surface area contributed by atoms with Crippen LogP contribution in [0.15, 0.2) is 54.6 Å². The van der Waals surface area contributed by atoms with E-state index < -0.39 is 12.1 Å². The molecule has 2 rings (SSSR count). The molecule has 0 radical (unpaired) electrons. The zero-order valence-electron chi connectivity index (χ0n) is 13.3. The number of carbonyl (C=O) groups is 2. The summed E-state index contributed by atoms with van der Waals surface area (Å²) in [6.07, 6.45) is -0.443. The molecule has 126 valence electrons. The lowest BCUT2D eigenvalue weighted by molar-refractivity contribution is 0.0696. The predicted octanol–water partition coefficient (Wildman–Crippen LogP) is 3.03. The smallest absolute Gasteiger partial charge is 0.409 e. The molecule has 24 heavy (non-hydrogen) atoms. The van der Waals surface area contributed by atoms with Crippen LogP contribution in [0.4, 0.5) is 4.79 Å². The molecular formula is C18H19NO5. The van der Waals surface area contributed by atoms with Crippen molar-refractivity contribution >= 4 is 12.1 Å². The number of aromatic carboxylic acids is 1. The third-order valence-electron chi connectivity index (χ3n) is 3.29. The number of rotatable bonds is 7. The number of nitrogens with zero attached hydrogens (tertiary/aromatic N) is 1. The van der Waals surface area contributed by atoms with Gasteiger partial charge in [0.15, 0.2) is 0 Å². The van der Waals surface area contributed by atoms with Crippen LogP contribution in [0.1, 0.15) is 15.9 Å². The van der Waals surface area contributed by atoms with Gasteiger partial charge in [0.25, 0.3) is 0 Å². The Morgan fingerprint density at radius 3 is 2.54 bits per heavy atom. The Morgan fingerprint density at radius 2 is 1.83 bits per heavy atom. The highest BCUT2D eigenvalue weighted by molar-refractivity contribution is 5.88. The molecule has 0 unspecified atom stereocenters. The van der Waals surface area contributed by atoms with Gasteiger partial charge in [0.05, 0.1) is 12.1 Å². The van der Waals surface area contributed by atoms with Gasteiger partial charge in [-0.3, -0.25) is 0 Å². The van der Waals surface area contributed by atoms with E-state index in [2.05, 4.69) is 0 Å². The molecule has 0 aromatic heterocycles. The van der Waals surface area contributed by atoms with Crippen molar-refractivity contribution in [1.82, 2.24) is 4.90 Å². The summed E-state index contributed by atoms with van der Waals surface area (Å²) in [5.41, 5.74) is 1.07. The fourth-order valence-corrected chi connectivity index (χ4v) is 1.94. The first kappa shape index (κ1) is 17.3. The van der Waals surface area contributed by atoms with Crippen molar-refractivity contribution in [3.63, 3.8) is 0 Å². The van der Waals surface area contributed by atoms with Crippen molar-refractivity contribution in [3.8, 4) is 5.75 Å². The Kier molecular flexibility index (Phi) is 6.19. The number of likely N-dealkylation sites (N-methyl/N-ethyl adjacent to an activating group) is 1. The van der Waals surface area contributed by atoms with E-state index in [-0.39, 0.29) is 18.8 Å². The van der Waals surface area contributed by atoms with Gasteiger partial charge in [0.1, 0.15) is 19.0 Å². The van der Waals surface area contributed by atoms with Crippen molar-refractivity contribution in [2.45, 2.75) is 6.61 Å². The van der Waals surface area contributed by atoms with Gasteiger partial charge in [0.2, 0.25) is 0 Å². The highest BCUT2D eigenvalue weighted by atomic mass is 16.6. The third-order valence-corrected chi connectivity index (χ3v) is 3.29. The lowest BCUT2D eigenvalue weighted by atomic mass is 10.2. The van der Waals surface area contributed by atoms with Gasteiger partial charge in [-0.05, 0) is 23.8 Å². The summed E-state index contributed by atoms with van der Waals surface area (Å²) >= 11 is 0. The van der Waals surface area contributed by atoms with Gasteiger partial charge in [-0.2, -0.15) is 0 Å². The van der Waals surface area contributed by atoms with Crippen LogP contribution in [0, 0.1) is 0 Å². The van der Waals surface area contributed by atoms with Gasteiger partial charge in [-0.25, -0.2) is 9.59 Å². The maximum absolute atomic E-state index is 11.9. The van der Waals surface area contributed by atoms with E-state index in [1.165, 1.54) is 17.0 Å².